The topological polar surface area (TPSA) is 80.7 Å². The molecule has 7 heteroatoms. The van der Waals surface area contributed by atoms with E-state index < -0.39 is 22.0 Å². The summed E-state index contributed by atoms with van der Waals surface area (Å²) >= 11 is 0. The zero-order chi connectivity index (χ0) is 17.4. The first-order valence-electron chi connectivity index (χ1n) is 9.06. The number of carbonyl (C=O) groups is 1. The quantitative estimate of drug-likeness (QED) is 0.193. The number of hydrogen-bond acceptors (Lipinski definition) is 4. The van der Waals surface area contributed by atoms with Crippen LogP contribution in [0.5, 0.6) is 0 Å². The summed E-state index contributed by atoms with van der Waals surface area (Å²) < 4.78 is 33.7. The van der Waals surface area contributed by atoms with Gasteiger partial charge in [0.05, 0.1) is 0 Å². The van der Waals surface area contributed by atoms with Crippen molar-refractivity contribution in [1.29, 1.82) is 0 Å². The van der Waals surface area contributed by atoms with Gasteiger partial charge < -0.3 is 6.16 Å². The first kappa shape index (κ1) is 26.6. The molecule has 1 N–H and O–H groups in total. The SMILES string of the molecule is CCCCCCCCCCCCCCCC(=O)OCS(=O)(=O)O.[H-].[Na+]. The van der Waals surface area contributed by atoms with Crippen LogP contribution in [0, 0.1) is 0 Å². The fourth-order valence-electron chi connectivity index (χ4n) is 2.50. The normalized spacial score (nSPS) is 11.1. The van der Waals surface area contributed by atoms with Crippen molar-refractivity contribution >= 4 is 16.1 Å². The molecule has 0 aromatic heterocycles. The van der Waals surface area contributed by atoms with Crippen LogP contribution in [0.4, 0.5) is 0 Å². The molecule has 0 heterocycles. The fourth-order valence-corrected chi connectivity index (χ4v) is 2.78. The zero-order valence-corrected chi connectivity index (χ0v) is 18.4. The van der Waals surface area contributed by atoms with Gasteiger partial charge in [0, 0.05) is 6.42 Å². The Labute approximate surface area is 171 Å². The maximum Gasteiger partial charge on any atom is 1.00 e. The van der Waals surface area contributed by atoms with Gasteiger partial charge in [-0.3, -0.25) is 9.35 Å². The standard InChI is InChI=1S/C17H34O5S.Na.H/c1-2-3-4-5-6-7-8-9-10-11-12-13-14-15-17(18)22-16-23(19,20)21;;/h2-16H2,1H3,(H,19,20,21);;/q;+1;-1. The van der Waals surface area contributed by atoms with Crippen LogP contribution < -0.4 is 29.6 Å². The minimum absolute atomic E-state index is 0. The van der Waals surface area contributed by atoms with Crippen LogP contribution in [0.15, 0.2) is 0 Å². The molecule has 5 nitrogen and oxygen atoms in total. The maximum atomic E-state index is 11.2. The minimum atomic E-state index is -4.22. The van der Waals surface area contributed by atoms with Crippen LogP contribution in [0.2, 0.25) is 0 Å². The summed E-state index contributed by atoms with van der Waals surface area (Å²) in [4.78, 5) is 11.2. The van der Waals surface area contributed by atoms with Crippen molar-refractivity contribution in [2.75, 3.05) is 5.94 Å². The van der Waals surface area contributed by atoms with E-state index >= 15 is 0 Å². The molecule has 0 unspecified atom stereocenters. The summed E-state index contributed by atoms with van der Waals surface area (Å²) in [6.07, 6.45) is 16.2. The van der Waals surface area contributed by atoms with E-state index in [4.69, 9.17) is 4.55 Å². The summed E-state index contributed by atoms with van der Waals surface area (Å²) in [6.45, 7) is 2.24. The second-order valence-electron chi connectivity index (χ2n) is 6.21. The summed E-state index contributed by atoms with van der Waals surface area (Å²) in [6, 6.07) is 0. The number of unbranched alkanes of at least 4 members (excludes halogenated alkanes) is 12. The molecule has 0 atom stereocenters. The van der Waals surface area contributed by atoms with Gasteiger partial charge in [0.15, 0.2) is 0 Å². The van der Waals surface area contributed by atoms with Gasteiger partial charge in [0.2, 0.25) is 5.94 Å². The van der Waals surface area contributed by atoms with E-state index in [1.54, 1.807) is 0 Å². The second kappa shape index (κ2) is 18.2. The molecule has 0 aliphatic heterocycles. The van der Waals surface area contributed by atoms with Gasteiger partial charge in [-0.1, -0.05) is 84.0 Å². The average Bonchev–Trinajstić information content (AvgIpc) is 2.49. The molecule has 0 amide bonds. The Morgan fingerprint density at radius 3 is 1.58 bits per heavy atom. The molecule has 0 rings (SSSR count). The monoisotopic (exact) mass is 374 g/mol. The van der Waals surface area contributed by atoms with Crippen LogP contribution in [0.1, 0.15) is 98.2 Å². The molecule has 0 fully saturated rings. The predicted octanol–water partition coefficient (Wildman–Crippen LogP) is 1.97. The molecule has 24 heavy (non-hydrogen) atoms. The largest absolute Gasteiger partial charge is 1.00 e. The van der Waals surface area contributed by atoms with Crippen molar-refractivity contribution in [2.45, 2.75) is 96.8 Å². The molecule has 0 aliphatic rings. The summed E-state index contributed by atoms with van der Waals surface area (Å²) in [5, 5.41) is 0. The van der Waals surface area contributed by atoms with E-state index in [-0.39, 0.29) is 37.4 Å². The molecular weight excluding hydrogens is 339 g/mol. The number of esters is 1. The van der Waals surface area contributed by atoms with Crippen LogP contribution in [0.25, 0.3) is 0 Å². The zero-order valence-electron chi connectivity index (χ0n) is 16.6. The molecule has 0 bridgehead atoms. The molecule has 140 valence electrons. The molecule has 0 radical (unpaired) electrons. The maximum absolute atomic E-state index is 11.2. The van der Waals surface area contributed by atoms with Crippen molar-refractivity contribution in [3.8, 4) is 0 Å². The van der Waals surface area contributed by atoms with E-state index in [0.717, 1.165) is 12.8 Å². The smallest absolute Gasteiger partial charge is 1.00 e. The Bertz CT molecular complexity index is 390. The van der Waals surface area contributed by atoms with Gasteiger partial charge in [-0.05, 0) is 6.42 Å². The number of hydrogen-bond donors (Lipinski definition) is 1. The van der Waals surface area contributed by atoms with Gasteiger partial charge in [0.25, 0.3) is 0 Å². The van der Waals surface area contributed by atoms with Gasteiger partial charge in [-0.2, -0.15) is 8.42 Å². The third-order valence-corrected chi connectivity index (χ3v) is 4.27. The third-order valence-electron chi connectivity index (χ3n) is 3.85. The van der Waals surface area contributed by atoms with E-state index in [1.807, 2.05) is 0 Å². The van der Waals surface area contributed by atoms with E-state index in [1.165, 1.54) is 64.2 Å². The fraction of sp³-hybridized carbons (Fsp3) is 0.941. The first-order chi connectivity index (χ1) is 11.0. The first-order valence-corrected chi connectivity index (χ1v) is 10.7. The van der Waals surface area contributed by atoms with Crippen molar-refractivity contribution in [2.24, 2.45) is 0 Å². The summed E-state index contributed by atoms with van der Waals surface area (Å²) in [5.74, 6) is -1.50. The van der Waals surface area contributed by atoms with Gasteiger partial charge in [0.1, 0.15) is 0 Å². The van der Waals surface area contributed by atoms with Crippen molar-refractivity contribution in [3.05, 3.63) is 0 Å². The summed E-state index contributed by atoms with van der Waals surface area (Å²) in [5.41, 5.74) is 0. The van der Waals surface area contributed by atoms with Crippen molar-refractivity contribution in [3.63, 3.8) is 0 Å². The van der Waals surface area contributed by atoms with E-state index in [2.05, 4.69) is 11.7 Å². The van der Waals surface area contributed by atoms with Crippen LogP contribution >= 0.6 is 0 Å². The molecule has 0 aromatic rings. The van der Waals surface area contributed by atoms with Crippen molar-refractivity contribution < 1.29 is 53.5 Å². The van der Waals surface area contributed by atoms with Crippen LogP contribution in [-0.2, 0) is 19.6 Å². The Morgan fingerprint density at radius 2 is 1.21 bits per heavy atom. The number of ether oxygens (including phenoxy) is 1. The Hall–Kier alpha value is 0.380. The van der Waals surface area contributed by atoms with E-state index in [0.29, 0.717) is 6.42 Å². The van der Waals surface area contributed by atoms with Crippen molar-refractivity contribution in [1.82, 2.24) is 0 Å². The molecule has 0 aliphatic carbocycles. The Morgan fingerprint density at radius 1 is 0.833 bits per heavy atom. The number of carbonyl (C=O) groups excluding carboxylic acids is 1. The summed E-state index contributed by atoms with van der Waals surface area (Å²) in [7, 11) is -4.22. The van der Waals surface area contributed by atoms with Crippen LogP contribution in [0.3, 0.4) is 0 Å². The molecule has 0 aromatic carbocycles. The van der Waals surface area contributed by atoms with Gasteiger partial charge in [-0.25, -0.2) is 0 Å². The molecule has 0 spiro atoms. The second-order valence-corrected chi connectivity index (χ2v) is 7.61. The third kappa shape index (κ3) is 22.4. The van der Waals surface area contributed by atoms with Gasteiger partial charge >= 0.3 is 45.6 Å². The molecule has 0 saturated heterocycles. The van der Waals surface area contributed by atoms with E-state index in [9.17, 15) is 13.2 Å². The average molecular weight is 375 g/mol. The van der Waals surface area contributed by atoms with Crippen LogP contribution in [-0.4, -0.2) is 24.9 Å². The minimum Gasteiger partial charge on any atom is -1.00 e. The predicted molar refractivity (Wildman–Crippen MR) is 93.9 cm³/mol. The Kier molecular flexibility index (Phi) is 20.2. The molecular formula is C17H35NaO5S. The molecule has 0 saturated carbocycles. The number of rotatable bonds is 16. The Balaban J connectivity index is -0.00000242. The van der Waals surface area contributed by atoms with Gasteiger partial charge in [-0.15, -0.1) is 0 Å².